The average Bonchev–Trinajstić information content (AvgIpc) is 2.84. The number of methoxy groups -OCH3 is 1. The molecule has 0 fully saturated rings. The molecule has 36 heavy (non-hydrogen) atoms. The number of hydrogen-bond acceptors (Lipinski definition) is 8. The Morgan fingerprint density at radius 2 is 1.58 bits per heavy atom. The summed E-state index contributed by atoms with van der Waals surface area (Å²) in [6.07, 6.45) is 1.90. The van der Waals surface area contributed by atoms with Gasteiger partial charge >= 0.3 is 5.97 Å². The van der Waals surface area contributed by atoms with E-state index in [-0.39, 0.29) is 35.3 Å². The molecule has 10 heteroatoms. The zero-order chi connectivity index (χ0) is 26.6. The lowest BCUT2D eigenvalue weighted by atomic mass is 10.1. The Balaban J connectivity index is 0.000000319. The zero-order valence-electron chi connectivity index (χ0n) is 20.3. The number of ether oxygens (including phenoxy) is 2. The van der Waals surface area contributed by atoms with Crippen LogP contribution in [0.1, 0.15) is 28.4 Å². The Labute approximate surface area is 215 Å². The van der Waals surface area contributed by atoms with E-state index in [0.29, 0.717) is 17.7 Å². The molecule has 0 amide bonds. The van der Waals surface area contributed by atoms with Gasteiger partial charge in [-0.1, -0.05) is 42.5 Å². The second-order valence-corrected chi connectivity index (χ2v) is 10.9. The summed E-state index contributed by atoms with van der Waals surface area (Å²) in [6, 6.07) is 23.4. The minimum atomic E-state index is -4.57. The largest absolute Gasteiger partial charge is 0.726 e. The Morgan fingerprint density at radius 3 is 2.14 bits per heavy atom. The van der Waals surface area contributed by atoms with E-state index in [0.717, 1.165) is 11.3 Å². The van der Waals surface area contributed by atoms with Gasteiger partial charge in [0.05, 0.1) is 18.8 Å². The highest BCUT2D eigenvalue weighted by Gasteiger charge is 2.17. The zero-order valence-corrected chi connectivity index (χ0v) is 22.0. The molecule has 8 nitrogen and oxygen atoms in total. The third-order valence-electron chi connectivity index (χ3n) is 4.73. The van der Waals surface area contributed by atoms with Crippen LogP contribution in [0.3, 0.4) is 0 Å². The summed E-state index contributed by atoms with van der Waals surface area (Å²) in [6.45, 7) is 1.98. The van der Waals surface area contributed by atoms with Gasteiger partial charge in [0.25, 0.3) is 0 Å². The number of esters is 1. The fraction of sp³-hybridized carbons (Fsp3) is 0.269. The molecule has 3 rings (SSSR count). The summed E-state index contributed by atoms with van der Waals surface area (Å²) in [5.41, 5.74) is 2.36. The van der Waals surface area contributed by atoms with Gasteiger partial charge in [0, 0.05) is 23.6 Å². The van der Waals surface area contributed by atoms with Crippen LogP contribution in [0.25, 0.3) is 0 Å². The number of phenolic OH excluding ortho intramolecular Hbond substituents is 1. The second-order valence-electron chi connectivity index (χ2n) is 7.80. The lowest BCUT2D eigenvalue weighted by molar-refractivity contribution is 0.0120. The SMILES string of the molecule is COCC(C)OC(=O)c1ccc(C[S+](C)c2ccc(O)cc2)cc1.O=S(=O)([O-])OCc1ccccc1. The first-order chi connectivity index (χ1) is 17.1. The van der Waals surface area contributed by atoms with Crippen molar-refractivity contribution in [3.05, 3.63) is 95.6 Å². The molecule has 2 atom stereocenters. The van der Waals surface area contributed by atoms with Crippen LogP contribution in [0.4, 0.5) is 0 Å². The van der Waals surface area contributed by atoms with Gasteiger partial charge < -0.3 is 19.1 Å². The van der Waals surface area contributed by atoms with Crippen LogP contribution < -0.4 is 0 Å². The number of phenols is 1. The molecule has 2 unspecified atom stereocenters. The number of carbonyl (C=O) groups is 1. The van der Waals surface area contributed by atoms with Crippen molar-refractivity contribution in [1.29, 1.82) is 0 Å². The van der Waals surface area contributed by atoms with Gasteiger partial charge in [-0.25, -0.2) is 13.2 Å². The van der Waals surface area contributed by atoms with Crippen molar-refractivity contribution in [2.75, 3.05) is 20.0 Å². The molecule has 0 bridgehead atoms. The van der Waals surface area contributed by atoms with Gasteiger partial charge in [-0.05, 0) is 48.9 Å². The topological polar surface area (TPSA) is 122 Å². The Bertz CT molecular complexity index is 1160. The molecule has 0 aliphatic heterocycles. The molecule has 1 N–H and O–H groups in total. The van der Waals surface area contributed by atoms with E-state index in [1.807, 2.05) is 24.3 Å². The first-order valence-corrected chi connectivity index (χ1v) is 14.1. The number of benzene rings is 3. The van der Waals surface area contributed by atoms with E-state index in [9.17, 15) is 22.9 Å². The first-order valence-electron chi connectivity index (χ1n) is 10.9. The highest BCUT2D eigenvalue weighted by molar-refractivity contribution is 7.95. The van der Waals surface area contributed by atoms with E-state index in [4.69, 9.17) is 9.47 Å². The molecule has 0 radical (unpaired) electrons. The molecule has 0 heterocycles. The van der Waals surface area contributed by atoms with E-state index in [2.05, 4.69) is 10.4 Å². The lowest BCUT2D eigenvalue weighted by Crippen LogP contribution is -2.19. The Morgan fingerprint density at radius 1 is 0.972 bits per heavy atom. The summed E-state index contributed by atoms with van der Waals surface area (Å²) in [4.78, 5) is 13.2. The molecule has 0 saturated heterocycles. The monoisotopic (exact) mass is 534 g/mol. The summed E-state index contributed by atoms with van der Waals surface area (Å²) >= 11 is 0. The van der Waals surface area contributed by atoms with Gasteiger partial charge in [0.1, 0.15) is 23.9 Å². The molecule has 0 aromatic heterocycles. The molecule has 194 valence electrons. The van der Waals surface area contributed by atoms with Crippen molar-refractivity contribution in [3.63, 3.8) is 0 Å². The predicted octanol–water partition coefficient (Wildman–Crippen LogP) is 4.05. The maximum Gasteiger partial charge on any atom is 0.338 e. The maximum absolute atomic E-state index is 12.0. The van der Waals surface area contributed by atoms with Gasteiger partial charge in [0.2, 0.25) is 10.4 Å². The minimum Gasteiger partial charge on any atom is -0.726 e. The van der Waals surface area contributed by atoms with E-state index in [1.54, 1.807) is 68.6 Å². The average molecular weight is 535 g/mol. The second kappa shape index (κ2) is 14.6. The number of hydrogen-bond donors (Lipinski definition) is 1. The normalized spacial score (nSPS) is 12.7. The van der Waals surface area contributed by atoms with Crippen molar-refractivity contribution < 1.29 is 36.5 Å². The predicted molar refractivity (Wildman–Crippen MR) is 137 cm³/mol. The lowest BCUT2D eigenvalue weighted by Gasteiger charge is -2.12. The molecular formula is C26H30O8S2. The van der Waals surface area contributed by atoms with Gasteiger partial charge in [0.15, 0.2) is 4.90 Å². The summed E-state index contributed by atoms with van der Waals surface area (Å²) < 4.78 is 44.4. The van der Waals surface area contributed by atoms with E-state index in [1.165, 1.54) is 4.90 Å². The summed E-state index contributed by atoms with van der Waals surface area (Å²) in [5, 5.41) is 9.36. The quantitative estimate of drug-likeness (QED) is 0.179. The molecule has 0 saturated carbocycles. The van der Waals surface area contributed by atoms with Crippen LogP contribution in [-0.4, -0.2) is 50.1 Å². The minimum absolute atomic E-state index is 0.0344. The van der Waals surface area contributed by atoms with Crippen LogP contribution in [0, 0.1) is 0 Å². The highest BCUT2D eigenvalue weighted by Crippen LogP contribution is 2.20. The molecule has 0 aliphatic rings. The van der Waals surface area contributed by atoms with Crippen LogP contribution in [0.15, 0.2) is 83.8 Å². The van der Waals surface area contributed by atoms with Crippen molar-refractivity contribution in [2.45, 2.75) is 30.3 Å². The van der Waals surface area contributed by atoms with Crippen molar-refractivity contribution in [1.82, 2.24) is 0 Å². The number of carbonyl (C=O) groups excluding carboxylic acids is 1. The molecule has 0 aliphatic carbocycles. The molecule has 0 spiro atoms. The molecule has 3 aromatic carbocycles. The molecule has 3 aromatic rings. The van der Waals surface area contributed by atoms with Crippen molar-refractivity contribution in [2.24, 2.45) is 0 Å². The standard InChI is InChI=1S/C19H22O4S.C7H8O4S/c1-14(12-22-2)23-19(21)16-6-4-15(5-7-16)13-24(3)18-10-8-17(20)9-11-18;8-12(9,10)11-6-7-4-2-1-3-5-7/h4-11,14H,12-13H2,1-3H3;1-5H,6H2,(H,8,9,10). The van der Waals surface area contributed by atoms with Crippen LogP contribution in [0.5, 0.6) is 5.75 Å². The van der Waals surface area contributed by atoms with E-state index >= 15 is 0 Å². The van der Waals surface area contributed by atoms with Crippen LogP contribution >= 0.6 is 0 Å². The van der Waals surface area contributed by atoms with Gasteiger partial charge in [-0.2, -0.15) is 0 Å². The van der Waals surface area contributed by atoms with E-state index < -0.39 is 10.4 Å². The fourth-order valence-electron chi connectivity index (χ4n) is 2.98. The number of aromatic hydroxyl groups is 1. The maximum atomic E-state index is 12.0. The van der Waals surface area contributed by atoms with Crippen molar-refractivity contribution in [3.8, 4) is 5.75 Å². The Kier molecular flexibility index (Phi) is 11.9. The summed E-state index contributed by atoms with van der Waals surface area (Å²) in [7, 11) is -2.96. The van der Waals surface area contributed by atoms with Gasteiger partial charge in [-0.3, -0.25) is 4.18 Å². The summed E-state index contributed by atoms with van der Waals surface area (Å²) in [5.74, 6) is 0.835. The highest BCUT2D eigenvalue weighted by atomic mass is 32.3. The van der Waals surface area contributed by atoms with Crippen LogP contribution in [-0.2, 0) is 47.3 Å². The van der Waals surface area contributed by atoms with Gasteiger partial charge in [-0.15, -0.1) is 0 Å². The Hall–Kier alpha value is -2.89. The smallest absolute Gasteiger partial charge is 0.338 e. The third-order valence-corrected chi connectivity index (χ3v) is 6.98. The molecular weight excluding hydrogens is 504 g/mol. The fourth-order valence-corrected chi connectivity index (χ4v) is 4.72. The first kappa shape index (κ1) is 29.3. The van der Waals surface area contributed by atoms with Crippen molar-refractivity contribution >= 4 is 27.3 Å². The third kappa shape index (κ3) is 11.2. The number of rotatable bonds is 10. The van der Waals surface area contributed by atoms with Crippen LogP contribution in [0.2, 0.25) is 0 Å².